The molecule has 2 unspecified atom stereocenters. The molecule has 100 valence electrons. The van der Waals surface area contributed by atoms with Gasteiger partial charge in [0.2, 0.25) is 0 Å². The highest BCUT2D eigenvalue weighted by Crippen LogP contribution is 2.35. The molecule has 1 nitrogen and oxygen atoms in total. The Kier molecular flexibility index (Phi) is 5.58. The minimum absolute atomic E-state index is 0.675. The van der Waals surface area contributed by atoms with Gasteiger partial charge >= 0.3 is 0 Å². The van der Waals surface area contributed by atoms with Crippen molar-refractivity contribution < 1.29 is 0 Å². The van der Waals surface area contributed by atoms with Gasteiger partial charge in [-0.25, -0.2) is 0 Å². The molecule has 0 amide bonds. The van der Waals surface area contributed by atoms with Crippen LogP contribution in [0.3, 0.4) is 0 Å². The molecule has 1 aliphatic carbocycles. The molecule has 2 rings (SSSR count). The van der Waals surface area contributed by atoms with Crippen molar-refractivity contribution in [2.45, 2.75) is 44.1 Å². The Labute approximate surface area is 116 Å². The second-order valence-electron chi connectivity index (χ2n) is 5.29. The van der Waals surface area contributed by atoms with Gasteiger partial charge in [-0.3, -0.25) is 0 Å². The average Bonchev–Trinajstić information content (AvgIpc) is 2.43. The van der Waals surface area contributed by atoms with Crippen molar-refractivity contribution >= 4 is 11.8 Å². The van der Waals surface area contributed by atoms with Crippen molar-refractivity contribution in [2.75, 3.05) is 19.1 Å². The lowest BCUT2D eigenvalue weighted by Crippen LogP contribution is -2.29. The van der Waals surface area contributed by atoms with Crippen LogP contribution in [0.4, 0.5) is 0 Å². The predicted octanol–water partition coefficient (Wildman–Crippen LogP) is 3.84. The number of benzene rings is 1. The van der Waals surface area contributed by atoms with E-state index < -0.39 is 0 Å². The Hall–Kier alpha value is -0.470. The van der Waals surface area contributed by atoms with Crippen molar-refractivity contribution in [2.24, 2.45) is 0 Å². The van der Waals surface area contributed by atoms with Crippen molar-refractivity contribution in [3.63, 3.8) is 0 Å². The van der Waals surface area contributed by atoms with E-state index in [0.717, 1.165) is 5.92 Å². The molecular formula is C16H25NS. The first-order valence-electron chi connectivity index (χ1n) is 7.09. The number of nitrogens with one attached hydrogen (secondary N) is 1. The number of hydrogen-bond acceptors (Lipinski definition) is 2. The molecule has 1 aromatic rings. The highest BCUT2D eigenvalue weighted by molar-refractivity contribution is 7.98. The third kappa shape index (κ3) is 3.52. The topological polar surface area (TPSA) is 12.0 Å². The largest absolute Gasteiger partial charge is 0.317 e. The van der Waals surface area contributed by atoms with Crippen LogP contribution in [0.15, 0.2) is 24.3 Å². The van der Waals surface area contributed by atoms with E-state index >= 15 is 0 Å². The second kappa shape index (κ2) is 7.20. The molecule has 0 radical (unpaired) electrons. The third-order valence-corrected chi connectivity index (χ3v) is 4.79. The first-order valence-corrected chi connectivity index (χ1v) is 8.48. The maximum atomic E-state index is 3.50. The molecule has 0 spiro atoms. The van der Waals surface area contributed by atoms with Crippen molar-refractivity contribution in [3.8, 4) is 0 Å². The molecule has 1 aromatic carbocycles. The lowest BCUT2D eigenvalue weighted by Gasteiger charge is -2.29. The van der Waals surface area contributed by atoms with Gasteiger partial charge in [0.15, 0.2) is 0 Å². The lowest BCUT2D eigenvalue weighted by atomic mass is 9.79. The van der Waals surface area contributed by atoms with Crippen LogP contribution in [0.5, 0.6) is 0 Å². The third-order valence-electron chi connectivity index (χ3n) is 4.14. The number of aryl methyl sites for hydroxylation is 1. The Morgan fingerprint density at radius 3 is 3.00 bits per heavy atom. The van der Waals surface area contributed by atoms with Gasteiger partial charge in [-0.15, -0.1) is 0 Å². The maximum absolute atomic E-state index is 3.50. The fourth-order valence-electron chi connectivity index (χ4n) is 3.08. The molecule has 0 fully saturated rings. The van der Waals surface area contributed by atoms with Crippen LogP contribution < -0.4 is 5.32 Å². The van der Waals surface area contributed by atoms with Crippen molar-refractivity contribution in [3.05, 3.63) is 35.4 Å². The van der Waals surface area contributed by atoms with Gasteiger partial charge in [0, 0.05) is 6.04 Å². The van der Waals surface area contributed by atoms with Crippen LogP contribution in [0.25, 0.3) is 0 Å². The zero-order valence-electron chi connectivity index (χ0n) is 11.6. The zero-order chi connectivity index (χ0) is 12.8. The van der Waals surface area contributed by atoms with Crippen LogP contribution in [0.2, 0.25) is 0 Å². The maximum Gasteiger partial charge on any atom is 0.00777 e. The number of rotatable bonds is 6. The monoisotopic (exact) mass is 263 g/mol. The van der Waals surface area contributed by atoms with E-state index in [9.17, 15) is 0 Å². The summed E-state index contributed by atoms with van der Waals surface area (Å²) in [6, 6.07) is 9.73. The van der Waals surface area contributed by atoms with E-state index in [-0.39, 0.29) is 0 Å². The molecule has 2 atom stereocenters. The quantitative estimate of drug-likeness (QED) is 0.837. The highest BCUT2D eigenvalue weighted by atomic mass is 32.2. The van der Waals surface area contributed by atoms with Crippen molar-refractivity contribution in [1.29, 1.82) is 0 Å². The summed E-state index contributed by atoms with van der Waals surface area (Å²) in [6.45, 7) is 0. The van der Waals surface area contributed by atoms with Crippen LogP contribution >= 0.6 is 11.8 Å². The summed E-state index contributed by atoms with van der Waals surface area (Å²) in [5.41, 5.74) is 3.21. The summed E-state index contributed by atoms with van der Waals surface area (Å²) < 4.78 is 0. The van der Waals surface area contributed by atoms with E-state index in [0.29, 0.717) is 6.04 Å². The Morgan fingerprint density at radius 1 is 1.39 bits per heavy atom. The van der Waals surface area contributed by atoms with E-state index in [1.54, 1.807) is 11.1 Å². The Bertz CT molecular complexity index is 364. The predicted molar refractivity (Wildman–Crippen MR) is 82.6 cm³/mol. The number of hydrogen-bond donors (Lipinski definition) is 1. The summed E-state index contributed by atoms with van der Waals surface area (Å²) in [6.07, 6.45) is 8.80. The van der Waals surface area contributed by atoms with Gasteiger partial charge in [-0.05, 0) is 68.2 Å². The molecule has 1 aliphatic rings. The summed E-state index contributed by atoms with van der Waals surface area (Å²) >= 11 is 1.95. The molecule has 0 bridgehead atoms. The fraction of sp³-hybridized carbons (Fsp3) is 0.625. The van der Waals surface area contributed by atoms with Gasteiger partial charge in [0.1, 0.15) is 0 Å². The minimum Gasteiger partial charge on any atom is -0.317 e. The Morgan fingerprint density at radius 2 is 2.22 bits per heavy atom. The van der Waals surface area contributed by atoms with Gasteiger partial charge in [0.25, 0.3) is 0 Å². The normalized spacial score (nSPS) is 20.4. The standard InChI is InChI=1S/C16H25NS/c1-17-15(10-11-18-2)12-14-8-5-7-13-6-3-4-9-16(13)14/h3-4,6,9,14-15,17H,5,7-8,10-12H2,1-2H3. The molecule has 0 aromatic heterocycles. The van der Waals surface area contributed by atoms with E-state index in [1.807, 2.05) is 11.8 Å². The van der Waals surface area contributed by atoms with Gasteiger partial charge in [-0.1, -0.05) is 24.3 Å². The zero-order valence-corrected chi connectivity index (χ0v) is 12.4. The SMILES string of the molecule is CNC(CCSC)CC1CCCc2ccccc21. The molecule has 0 saturated heterocycles. The van der Waals surface area contributed by atoms with Crippen molar-refractivity contribution in [1.82, 2.24) is 5.32 Å². The molecule has 0 heterocycles. The molecule has 1 N–H and O–H groups in total. The summed E-state index contributed by atoms with van der Waals surface area (Å²) in [7, 11) is 2.11. The van der Waals surface area contributed by atoms with E-state index in [4.69, 9.17) is 0 Å². The molecule has 18 heavy (non-hydrogen) atoms. The lowest BCUT2D eigenvalue weighted by molar-refractivity contribution is 0.424. The summed E-state index contributed by atoms with van der Waals surface area (Å²) in [5, 5.41) is 3.50. The first kappa shape index (κ1) is 14.0. The summed E-state index contributed by atoms with van der Waals surface area (Å²) in [4.78, 5) is 0. The molecule has 0 saturated carbocycles. The van der Waals surface area contributed by atoms with Crippen LogP contribution in [0, 0.1) is 0 Å². The van der Waals surface area contributed by atoms with Crippen LogP contribution in [-0.4, -0.2) is 25.1 Å². The number of thioether (sulfide) groups is 1. The van der Waals surface area contributed by atoms with Crippen LogP contribution in [0.1, 0.15) is 42.7 Å². The fourth-order valence-corrected chi connectivity index (χ4v) is 3.60. The van der Waals surface area contributed by atoms with E-state index in [1.165, 1.54) is 37.9 Å². The van der Waals surface area contributed by atoms with Gasteiger partial charge in [0.05, 0.1) is 0 Å². The second-order valence-corrected chi connectivity index (χ2v) is 6.28. The first-order chi connectivity index (χ1) is 8.85. The van der Waals surface area contributed by atoms with Gasteiger partial charge in [-0.2, -0.15) is 11.8 Å². The van der Waals surface area contributed by atoms with E-state index in [2.05, 4.69) is 42.9 Å². The highest BCUT2D eigenvalue weighted by Gasteiger charge is 2.22. The minimum atomic E-state index is 0.675. The van der Waals surface area contributed by atoms with Gasteiger partial charge < -0.3 is 5.32 Å². The number of fused-ring (bicyclic) bond motifs is 1. The Balaban J connectivity index is 2.01. The smallest absolute Gasteiger partial charge is 0.00777 e. The summed E-state index contributed by atoms with van der Waals surface area (Å²) in [5.74, 6) is 2.04. The molecule has 0 aliphatic heterocycles. The molecule has 2 heteroatoms. The average molecular weight is 263 g/mol. The molecular weight excluding hydrogens is 238 g/mol. The van der Waals surface area contributed by atoms with Crippen LogP contribution in [-0.2, 0) is 6.42 Å².